The number of nitrogens with one attached hydrogen (secondary N) is 1. The Labute approximate surface area is 117 Å². The van der Waals surface area contributed by atoms with Gasteiger partial charge in [0.1, 0.15) is 0 Å². The molecule has 3 unspecified atom stereocenters. The van der Waals surface area contributed by atoms with E-state index in [0.717, 1.165) is 24.8 Å². The summed E-state index contributed by atoms with van der Waals surface area (Å²) in [6.07, 6.45) is 9.72. The van der Waals surface area contributed by atoms with Crippen molar-refractivity contribution in [3.63, 3.8) is 0 Å². The summed E-state index contributed by atoms with van der Waals surface area (Å²) in [5.41, 5.74) is 1.28. The molecule has 3 heteroatoms. The zero-order valence-corrected chi connectivity index (χ0v) is 12.7. The van der Waals surface area contributed by atoms with E-state index in [1.807, 2.05) is 0 Å². The zero-order chi connectivity index (χ0) is 13.7. The van der Waals surface area contributed by atoms with Crippen LogP contribution in [0.2, 0.25) is 0 Å². The van der Waals surface area contributed by atoms with Crippen LogP contribution in [0.4, 0.5) is 0 Å². The Morgan fingerprint density at radius 2 is 2.26 bits per heavy atom. The van der Waals surface area contributed by atoms with Crippen LogP contribution in [-0.4, -0.2) is 22.4 Å². The van der Waals surface area contributed by atoms with Crippen LogP contribution in [-0.2, 0) is 6.42 Å². The molecule has 1 aliphatic rings. The van der Waals surface area contributed by atoms with Crippen LogP contribution in [0, 0.1) is 5.92 Å². The molecule has 1 saturated carbocycles. The van der Waals surface area contributed by atoms with Crippen LogP contribution >= 0.6 is 0 Å². The van der Waals surface area contributed by atoms with Crippen molar-refractivity contribution in [2.24, 2.45) is 5.92 Å². The second kappa shape index (κ2) is 7.09. The number of aromatic nitrogens is 2. The first kappa shape index (κ1) is 14.6. The quantitative estimate of drug-likeness (QED) is 0.815. The van der Waals surface area contributed by atoms with E-state index in [2.05, 4.69) is 43.0 Å². The predicted molar refractivity (Wildman–Crippen MR) is 80.4 cm³/mol. The molecular formula is C16H29N3. The molecular weight excluding hydrogens is 234 g/mol. The fraction of sp³-hybridized carbons (Fsp3) is 0.812. The molecule has 1 aliphatic carbocycles. The number of hydrogen-bond donors (Lipinski definition) is 1. The van der Waals surface area contributed by atoms with Crippen molar-refractivity contribution < 1.29 is 0 Å². The van der Waals surface area contributed by atoms with E-state index in [-0.39, 0.29) is 0 Å². The van der Waals surface area contributed by atoms with Crippen LogP contribution in [0.5, 0.6) is 0 Å². The summed E-state index contributed by atoms with van der Waals surface area (Å²) in [4.78, 5) is 0. The number of nitrogens with zero attached hydrogens (tertiary/aromatic N) is 2. The van der Waals surface area contributed by atoms with Gasteiger partial charge in [0.2, 0.25) is 0 Å². The molecule has 3 nitrogen and oxygen atoms in total. The van der Waals surface area contributed by atoms with Crippen LogP contribution < -0.4 is 5.32 Å². The Kier molecular flexibility index (Phi) is 5.44. The van der Waals surface area contributed by atoms with Crippen molar-refractivity contribution in [2.45, 2.75) is 71.4 Å². The van der Waals surface area contributed by atoms with Gasteiger partial charge in [-0.1, -0.05) is 13.8 Å². The summed E-state index contributed by atoms with van der Waals surface area (Å²) in [5, 5.41) is 8.38. The summed E-state index contributed by atoms with van der Waals surface area (Å²) in [7, 11) is 0. The van der Waals surface area contributed by atoms with Gasteiger partial charge in [-0.25, -0.2) is 0 Å². The standard InChI is InChI=1S/C16H29N3/c1-4-9-17-15-7-6-14(11-15)12-16-8-10-19(18-16)13(3)5-2/h8,10,13-15,17H,4-7,9,11-12H2,1-3H3. The van der Waals surface area contributed by atoms with Crippen LogP contribution in [0.1, 0.15) is 64.6 Å². The van der Waals surface area contributed by atoms with Gasteiger partial charge in [0.15, 0.2) is 0 Å². The summed E-state index contributed by atoms with van der Waals surface area (Å²) in [6, 6.07) is 3.48. The Hall–Kier alpha value is -0.830. The molecule has 2 rings (SSSR count). The maximum atomic E-state index is 4.73. The summed E-state index contributed by atoms with van der Waals surface area (Å²) in [6.45, 7) is 7.85. The third-order valence-electron chi connectivity index (χ3n) is 4.43. The smallest absolute Gasteiger partial charge is 0.0627 e. The van der Waals surface area contributed by atoms with Crippen molar-refractivity contribution in [3.05, 3.63) is 18.0 Å². The monoisotopic (exact) mass is 263 g/mol. The lowest BCUT2D eigenvalue weighted by molar-refractivity contribution is 0.457. The third-order valence-corrected chi connectivity index (χ3v) is 4.43. The normalized spacial score (nSPS) is 24.8. The van der Waals surface area contributed by atoms with Crippen LogP contribution in [0.15, 0.2) is 12.3 Å². The van der Waals surface area contributed by atoms with E-state index in [1.165, 1.54) is 37.9 Å². The second-order valence-electron chi connectivity index (χ2n) is 6.08. The van der Waals surface area contributed by atoms with Crippen molar-refractivity contribution >= 4 is 0 Å². The first-order valence-corrected chi connectivity index (χ1v) is 8.00. The minimum atomic E-state index is 0.524. The summed E-state index contributed by atoms with van der Waals surface area (Å²) < 4.78 is 2.12. The molecule has 0 bridgehead atoms. The minimum Gasteiger partial charge on any atom is -0.314 e. The van der Waals surface area contributed by atoms with Gasteiger partial charge in [0.25, 0.3) is 0 Å². The highest BCUT2D eigenvalue weighted by Gasteiger charge is 2.24. The topological polar surface area (TPSA) is 29.9 Å². The van der Waals surface area contributed by atoms with Gasteiger partial charge in [-0.15, -0.1) is 0 Å². The molecule has 0 spiro atoms. The van der Waals surface area contributed by atoms with Gasteiger partial charge >= 0.3 is 0 Å². The molecule has 1 N–H and O–H groups in total. The zero-order valence-electron chi connectivity index (χ0n) is 12.7. The van der Waals surface area contributed by atoms with E-state index in [1.54, 1.807) is 0 Å². The maximum absolute atomic E-state index is 4.73. The lowest BCUT2D eigenvalue weighted by Crippen LogP contribution is -2.27. The average molecular weight is 263 g/mol. The Morgan fingerprint density at radius 1 is 1.42 bits per heavy atom. The van der Waals surface area contributed by atoms with Crippen molar-refractivity contribution in [3.8, 4) is 0 Å². The molecule has 0 radical (unpaired) electrons. The summed E-state index contributed by atoms with van der Waals surface area (Å²) >= 11 is 0. The molecule has 19 heavy (non-hydrogen) atoms. The van der Waals surface area contributed by atoms with Crippen molar-refractivity contribution in [1.29, 1.82) is 0 Å². The molecule has 1 aromatic rings. The molecule has 1 fully saturated rings. The Morgan fingerprint density at radius 3 is 3.00 bits per heavy atom. The number of hydrogen-bond acceptors (Lipinski definition) is 2. The highest BCUT2D eigenvalue weighted by molar-refractivity contribution is 5.02. The minimum absolute atomic E-state index is 0.524. The van der Waals surface area contributed by atoms with Gasteiger partial charge < -0.3 is 5.32 Å². The van der Waals surface area contributed by atoms with Gasteiger partial charge in [-0.3, -0.25) is 4.68 Å². The lowest BCUT2D eigenvalue weighted by atomic mass is 10.0. The van der Waals surface area contributed by atoms with E-state index in [4.69, 9.17) is 5.10 Å². The van der Waals surface area contributed by atoms with E-state index < -0.39 is 0 Å². The fourth-order valence-electron chi connectivity index (χ4n) is 3.01. The van der Waals surface area contributed by atoms with E-state index in [9.17, 15) is 0 Å². The molecule has 0 aromatic carbocycles. The SMILES string of the molecule is CCCNC1CCC(Cc2ccn(C(C)CC)n2)C1. The highest BCUT2D eigenvalue weighted by atomic mass is 15.3. The highest BCUT2D eigenvalue weighted by Crippen LogP contribution is 2.28. The Bertz CT molecular complexity index is 372. The molecule has 0 saturated heterocycles. The molecule has 0 amide bonds. The van der Waals surface area contributed by atoms with Gasteiger partial charge in [0.05, 0.1) is 5.69 Å². The molecule has 1 heterocycles. The van der Waals surface area contributed by atoms with Gasteiger partial charge in [-0.2, -0.15) is 5.10 Å². The molecule has 1 aromatic heterocycles. The van der Waals surface area contributed by atoms with E-state index >= 15 is 0 Å². The van der Waals surface area contributed by atoms with Crippen molar-refractivity contribution in [2.75, 3.05) is 6.54 Å². The first-order chi connectivity index (χ1) is 9.22. The average Bonchev–Trinajstić information content (AvgIpc) is 3.05. The van der Waals surface area contributed by atoms with Crippen LogP contribution in [0.25, 0.3) is 0 Å². The Balaban J connectivity index is 1.80. The molecule has 3 atom stereocenters. The largest absolute Gasteiger partial charge is 0.314 e. The van der Waals surface area contributed by atoms with Gasteiger partial charge in [0, 0.05) is 18.3 Å². The van der Waals surface area contributed by atoms with E-state index in [0.29, 0.717) is 6.04 Å². The fourth-order valence-corrected chi connectivity index (χ4v) is 3.01. The first-order valence-electron chi connectivity index (χ1n) is 8.00. The maximum Gasteiger partial charge on any atom is 0.0627 e. The summed E-state index contributed by atoms with van der Waals surface area (Å²) in [5.74, 6) is 0.828. The molecule has 0 aliphatic heterocycles. The van der Waals surface area contributed by atoms with Crippen molar-refractivity contribution in [1.82, 2.24) is 15.1 Å². The predicted octanol–water partition coefficient (Wildman–Crippen LogP) is 3.56. The van der Waals surface area contributed by atoms with Crippen LogP contribution in [0.3, 0.4) is 0 Å². The number of rotatable bonds is 7. The van der Waals surface area contributed by atoms with Gasteiger partial charge in [-0.05, 0) is 64.0 Å². The second-order valence-corrected chi connectivity index (χ2v) is 6.08. The lowest BCUT2D eigenvalue weighted by Gasteiger charge is -2.12. The third kappa shape index (κ3) is 4.07. The molecule has 108 valence electrons.